The molecule has 3 nitrogen and oxygen atoms in total. The molecule has 82 valence electrons. The summed E-state index contributed by atoms with van der Waals surface area (Å²) in [6.45, 7) is 1.59. The molecule has 0 saturated heterocycles. The van der Waals surface area contributed by atoms with Crippen molar-refractivity contribution in [3.63, 3.8) is 0 Å². The quantitative estimate of drug-likeness (QED) is 0.618. The van der Waals surface area contributed by atoms with E-state index in [2.05, 4.69) is 9.72 Å². The molecule has 1 heterocycles. The number of nitrogens with zero attached hydrogens (tertiary/aromatic N) is 1. The summed E-state index contributed by atoms with van der Waals surface area (Å²) < 4.78 is 39.8. The van der Waals surface area contributed by atoms with Crippen LogP contribution in [0.2, 0.25) is 0 Å². The molecule has 7 heteroatoms. The van der Waals surface area contributed by atoms with Crippen LogP contribution in [0.4, 0.5) is 13.2 Å². The van der Waals surface area contributed by atoms with Crippen molar-refractivity contribution in [2.24, 2.45) is 0 Å². The molecule has 15 heavy (non-hydrogen) atoms. The summed E-state index contributed by atoms with van der Waals surface area (Å²) in [6, 6.07) is 0. The lowest BCUT2D eigenvalue weighted by Gasteiger charge is -2.11. The number of aryl methyl sites for hydroxylation is 1. The van der Waals surface area contributed by atoms with Crippen molar-refractivity contribution in [2.75, 3.05) is 0 Å². The molecule has 0 amide bonds. The van der Waals surface area contributed by atoms with E-state index in [-0.39, 0.29) is 5.56 Å². The Morgan fingerprint density at radius 3 is 2.60 bits per heavy atom. The fourth-order valence-electron chi connectivity index (χ4n) is 0.901. The van der Waals surface area contributed by atoms with E-state index in [1.54, 1.807) is 29.5 Å². The smallest absolute Gasteiger partial charge is 0.403 e. The van der Waals surface area contributed by atoms with Crippen molar-refractivity contribution >= 4 is 28.9 Å². The van der Waals surface area contributed by atoms with Gasteiger partial charge in [-0.15, -0.1) is 13.2 Å². The highest BCUT2D eigenvalue weighted by atomic mass is 127. The van der Waals surface area contributed by atoms with Crippen LogP contribution in [0.1, 0.15) is 16.1 Å². The van der Waals surface area contributed by atoms with Gasteiger partial charge < -0.3 is 4.74 Å². The highest BCUT2D eigenvalue weighted by Gasteiger charge is 2.32. The Labute approximate surface area is 96.8 Å². The van der Waals surface area contributed by atoms with Gasteiger partial charge >= 0.3 is 6.36 Å². The SMILES string of the molecule is Cc1ncc(OC(F)(F)F)c(C=O)c1I. The lowest BCUT2D eigenvalue weighted by atomic mass is 10.2. The van der Waals surface area contributed by atoms with E-state index in [1.165, 1.54) is 0 Å². The predicted molar refractivity (Wildman–Crippen MR) is 53.8 cm³/mol. The number of carbonyl (C=O) groups is 1. The molecule has 0 aliphatic heterocycles. The Kier molecular flexibility index (Phi) is 3.53. The van der Waals surface area contributed by atoms with Crippen molar-refractivity contribution < 1.29 is 22.7 Å². The second-order valence-electron chi connectivity index (χ2n) is 2.60. The zero-order valence-electron chi connectivity index (χ0n) is 7.43. The van der Waals surface area contributed by atoms with Crippen LogP contribution < -0.4 is 4.74 Å². The maximum absolute atomic E-state index is 11.9. The molecular weight excluding hydrogens is 326 g/mol. The van der Waals surface area contributed by atoms with Gasteiger partial charge in [0, 0.05) is 3.57 Å². The van der Waals surface area contributed by atoms with Crippen molar-refractivity contribution in [1.29, 1.82) is 0 Å². The van der Waals surface area contributed by atoms with Gasteiger partial charge in [0.15, 0.2) is 12.0 Å². The molecule has 1 aromatic heterocycles. The third kappa shape index (κ3) is 3.05. The highest BCUT2D eigenvalue weighted by Crippen LogP contribution is 2.28. The topological polar surface area (TPSA) is 39.2 Å². The van der Waals surface area contributed by atoms with Gasteiger partial charge in [-0.25, -0.2) is 0 Å². The number of alkyl halides is 3. The molecule has 0 aromatic carbocycles. The maximum Gasteiger partial charge on any atom is 0.573 e. The van der Waals surface area contributed by atoms with Gasteiger partial charge in [0.05, 0.1) is 17.5 Å². The number of rotatable bonds is 2. The normalized spacial score (nSPS) is 11.3. The number of aromatic nitrogens is 1. The van der Waals surface area contributed by atoms with Crippen LogP contribution in [0.25, 0.3) is 0 Å². The molecule has 0 atom stereocenters. The number of ether oxygens (including phenoxy) is 1. The second-order valence-corrected chi connectivity index (χ2v) is 3.68. The molecule has 1 rings (SSSR count). The van der Waals surface area contributed by atoms with Gasteiger partial charge in [-0.05, 0) is 29.5 Å². The Morgan fingerprint density at radius 1 is 1.53 bits per heavy atom. The van der Waals surface area contributed by atoms with Gasteiger partial charge in [0.1, 0.15) is 0 Å². The first kappa shape index (κ1) is 12.2. The maximum atomic E-state index is 11.9. The van der Waals surface area contributed by atoms with E-state index >= 15 is 0 Å². The van der Waals surface area contributed by atoms with Gasteiger partial charge in [-0.1, -0.05) is 0 Å². The summed E-state index contributed by atoms with van der Waals surface area (Å²) >= 11 is 1.74. The third-order valence-electron chi connectivity index (χ3n) is 1.54. The van der Waals surface area contributed by atoms with Crippen molar-refractivity contribution in [2.45, 2.75) is 13.3 Å². The van der Waals surface area contributed by atoms with Crippen LogP contribution in [0.3, 0.4) is 0 Å². The lowest BCUT2D eigenvalue weighted by molar-refractivity contribution is -0.274. The van der Waals surface area contributed by atoms with Crippen molar-refractivity contribution in [1.82, 2.24) is 4.98 Å². The number of hydrogen-bond acceptors (Lipinski definition) is 3. The average molecular weight is 331 g/mol. The van der Waals surface area contributed by atoms with Crippen LogP contribution >= 0.6 is 22.6 Å². The monoisotopic (exact) mass is 331 g/mol. The van der Waals surface area contributed by atoms with Gasteiger partial charge in [-0.2, -0.15) is 0 Å². The number of halogens is 4. The summed E-state index contributed by atoms with van der Waals surface area (Å²) in [6.07, 6.45) is -3.62. The fourth-order valence-corrected chi connectivity index (χ4v) is 1.43. The number of carbonyl (C=O) groups excluding carboxylic acids is 1. The first-order chi connectivity index (χ1) is 6.85. The molecule has 0 N–H and O–H groups in total. The van der Waals surface area contributed by atoms with E-state index in [0.29, 0.717) is 15.6 Å². The zero-order chi connectivity index (χ0) is 11.6. The number of aldehydes is 1. The Bertz CT molecular complexity index is 392. The molecule has 0 fully saturated rings. The van der Waals surface area contributed by atoms with E-state index < -0.39 is 12.1 Å². The molecule has 0 unspecified atom stereocenters. The lowest BCUT2D eigenvalue weighted by Crippen LogP contribution is -2.18. The van der Waals surface area contributed by atoms with Crippen LogP contribution in [0, 0.1) is 10.5 Å². The van der Waals surface area contributed by atoms with Crippen LogP contribution in [0.5, 0.6) is 5.75 Å². The van der Waals surface area contributed by atoms with Crippen LogP contribution in [-0.2, 0) is 0 Å². The fraction of sp³-hybridized carbons (Fsp3) is 0.250. The summed E-state index contributed by atoms with van der Waals surface area (Å²) in [5.74, 6) is -0.576. The zero-order valence-corrected chi connectivity index (χ0v) is 9.59. The molecule has 0 spiro atoms. The third-order valence-corrected chi connectivity index (χ3v) is 2.90. The molecule has 0 bridgehead atoms. The Balaban J connectivity index is 3.19. The molecule has 1 aromatic rings. The molecule has 0 saturated carbocycles. The number of pyridine rings is 1. The standard InChI is InChI=1S/C8H5F3INO2/c1-4-7(12)5(3-14)6(2-13-4)15-8(9,10)11/h2-3H,1H3. The van der Waals surface area contributed by atoms with Crippen LogP contribution in [0.15, 0.2) is 6.20 Å². The van der Waals surface area contributed by atoms with E-state index in [4.69, 9.17) is 0 Å². The predicted octanol–water partition coefficient (Wildman–Crippen LogP) is 2.71. The Morgan fingerprint density at radius 2 is 2.13 bits per heavy atom. The van der Waals surface area contributed by atoms with E-state index in [0.717, 1.165) is 6.20 Å². The van der Waals surface area contributed by atoms with Crippen molar-refractivity contribution in [3.8, 4) is 5.75 Å². The largest absolute Gasteiger partial charge is 0.573 e. The second kappa shape index (κ2) is 4.33. The summed E-state index contributed by atoms with van der Waals surface area (Å²) in [5, 5.41) is 0. The average Bonchev–Trinajstić information content (AvgIpc) is 2.10. The number of hydrogen-bond donors (Lipinski definition) is 0. The molecular formula is C8H5F3INO2. The van der Waals surface area contributed by atoms with E-state index in [9.17, 15) is 18.0 Å². The first-order valence-corrected chi connectivity index (χ1v) is 4.79. The summed E-state index contributed by atoms with van der Waals surface area (Å²) in [7, 11) is 0. The van der Waals surface area contributed by atoms with Gasteiger partial charge in [0.2, 0.25) is 0 Å². The minimum Gasteiger partial charge on any atom is -0.403 e. The van der Waals surface area contributed by atoms with E-state index in [1.807, 2.05) is 0 Å². The first-order valence-electron chi connectivity index (χ1n) is 3.71. The van der Waals surface area contributed by atoms with Crippen molar-refractivity contribution in [3.05, 3.63) is 21.0 Å². The van der Waals surface area contributed by atoms with Gasteiger partial charge in [-0.3, -0.25) is 9.78 Å². The Hall–Kier alpha value is -0.860. The van der Waals surface area contributed by atoms with Gasteiger partial charge in [0.25, 0.3) is 0 Å². The minimum absolute atomic E-state index is 0.138. The molecule has 0 aliphatic carbocycles. The summed E-state index contributed by atoms with van der Waals surface area (Å²) in [4.78, 5) is 14.3. The highest BCUT2D eigenvalue weighted by molar-refractivity contribution is 14.1. The summed E-state index contributed by atoms with van der Waals surface area (Å²) in [5.41, 5.74) is 0.340. The van der Waals surface area contributed by atoms with Crippen LogP contribution in [-0.4, -0.2) is 17.6 Å². The molecule has 0 aliphatic rings. The molecule has 0 radical (unpaired) electrons. The minimum atomic E-state index is -4.82.